The fraction of sp³-hybridized carbons (Fsp3) is 0.317. The predicted octanol–water partition coefficient (Wildman–Crippen LogP) is 2.55. The van der Waals surface area contributed by atoms with E-state index in [0.717, 1.165) is 52.1 Å². The van der Waals surface area contributed by atoms with Gasteiger partial charge >= 0.3 is 33.2 Å². The maximum atomic E-state index is 10.2. The summed E-state index contributed by atoms with van der Waals surface area (Å²) in [6.07, 6.45) is 4.35. The van der Waals surface area contributed by atoms with E-state index in [0.29, 0.717) is 26.2 Å². The van der Waals surface area contributed by atoms with Gasteiger partial charge in [0.1, 0.15) is 0 Å². The molecule has 0 spiro atoms. The number of nitrogens with one attached hydrogen (secondary N) is 2. The summed E-state index contributed by atoms with van der Waals surface area (Å²) >= 11 is 1.62. The average Bonchev–Trinajstić information content (AvgIpc) is 3.28. The van der Waals surface area contributed by atoms with Crippen LogP contribution in [0.5, 0.6) is 0 Å². The minimum atomic E-state index is -0.769. The molecule has 0 unspecified atom stereocenters. The van der Waals surface area contributed by atoms with Gasteiger partial charge in [-0.1, -0.05) is 72.8 Å². The third kappa shape index (κ3) is 21.4. The second-order valence-corrected chi connectivity index (χ2v) is 17.3. The van der Waals surface area contributed by atoms with Crippen LogP contribution in [0.2, 0.25) is 0 Å². The molecule has 14 heteroatoms. The summed E-state index contributed by atoms with van der Waals surface area (Å²) in [6, 6.07) is 44.4. The van der Waals surface area contributed by atoms with Gasteiger partial charge in [0.2, 0.25) is 12.8 Å². The molecule has 0 radical (unpaired) electrons. The number of carbonyl (C=O) groups is 2. The Bertz CT molecular complexity index is 1350. The van der Waals surface area contributed by atoms with E-state index in [-0.39, 0.29) is 7.58 Å². The molecule has 2 fully saturated rings. The van der Waals surface area contributed by atoms with Gasteiger partial charge in [-0.3, -0.25) is 21.3 Å². The molecule has 0 aliphatic carbocycles. The van der Waals surface area contributed by atoms with Gasteiger partial charge in [0.05, 0.1) is 49.4 Å². The topological polar surface area (TPSA) is 119 Å². The summed E-state index contributed by atoms with van der Waals surface area (Å²) in [6.45, 7) is 12.8. The van der Waals surface area contributed by atoms with Gasteiger partial charge in [-0.25, -0.2) is 0 Å². The molecule has 2 aliphatic heterocycles. The van der Waals surface area contributed by atoms with Crippen LogP contribution in [-0.4, -0.2) is 125 Å². The minimum Gasteiger partial charge on any atom is 0 e. The first-order valence-corrected chi connectivity index (χ1v) is 23.7. The summed E-state index contributed by atoms with van der Waals surface area (Å²) < 4.78 is 0. The van der Waals surface area contributed by atoms with Gasteiger partial charge in [-0.2, -0.15) is 9.59 Å². The van der Waals surface area contributed by atoms with E-state index in [2.05, 4.69) is 160 Å². The van der Waals surface area contributed by atoms with Crippen molar-refractivity contribution < 1.29 is 42.7 Å². The summed E-state index contributed by atoms with van der Waals surface area (Å²) in [7, 11) is 5.37. The molecule has 2 heterocycles. The predicted molar refractivity (Wildman–Crippen MR) is 230 cm³/mol. The Balaban J connectivity index is 0.00000103. The zero-order valence-electron chi connectivity index (χ0n) is 31.4. The van der Waals surface area contributed by atoms with Crippen molar-refractivity contribution in [1.82, 2.24) is 25.3 Å². The first-order valence-electron chi connectivity index (χ1n) is 17.9. The van der Waals surface area contributed by atoms with E-state index in [1.807, 2.05) is 0 Å². The molecule has 6 rings (SSSR count). The van der Waals surface area contributed by atoms with Crippen LogP contribution >= 0.6 is 25.5 Å². The van der Waals surface area contributed by atoms with Gasteiger partial charge in [-0.15, -0.1) is 0 Å². The number of benzene rings is 4. The van der Waals surface area contributed by atoms with Crippen LogP contribution in [0.15, 0.2) is 121 Å². The number of piperazine rings is 2. The standard InChI is InChI=1S/C29H31NP2.C6H10N2O2.C4H10N2.CO2.CHO.ClH.Ru.H2.H/c1-30(22-24-31(26-14-6-2-7-15-26)27-16-8-3-9-17-27)23-25-32(28-18-10-4-11-19-28)29-20-12-5-13-21-29;9-5-7-1-2-8(6-10)4-3-7;1-2-6-4-3-5-1;2-1-3;1-2;;;;/h2-21H,22-25H2,1H3;5-6H,1-4H2;5-6H,1-4H2;;1H;1H;;1H;/q;;;;-1;;+3;;/p+1. The molecular formula is C41H57ClN5O5P2Ru+3. The maximum absolute atomic E-state index is 10.2. The first-order chi connectivity index (χ1) is 27.1. The maximum Gasteiger partial charge on any atom is 0 e. The summed E-state index contributed by atoms with van der Waals surface area (Å²) in [5.41, 5.74) is 0. The SMILES string of the molecule is C1CNCCN1.CN(CC[PH+](c1ccccc1)c1ccccc1)CC[PH+](c1ccccc1)c1ccccc1.O=C=O.O=CN1CCN(C=O)CC1.[CH-]=O.[Cl][RuH+2].[HH]. The minimum absolute atomic E-state index is 0. The molecule has 0 atom stereocenters. The number of rotatable bonds is 12. The number of carbonyl (C=O) groups excluding carboxylic acids is 5. The van der Waals surface area contributed by atoms with Crippen LogP contribution in [0.3, 0.4) is 0 Å². The third-order valence-electron chi connectivity index (χ3n) is 8.58. The number of nitrogens with zero attached hydrogens (tertiary/aromatic N) is 3. The van der Waals surface area contributed by atoms with Crippen molar-refractivity contribution in [2.45, 2.75) is 0 Å². The summed E-state index contributed by atoms with van der Waals surface area (Å²) in [5, 5.41) is 12.5. The van der Waals surface area contributed by atoms with Gasteiger partial charge < -0.3 is 25.2 Å². The van der Waals surface area contributed by atoms with E-state index in [1.165, 1.54) is 33.5 Å². The second-order valence-electron chi connectivity index (χ2n) is 12.1. The number of amides is 2. The van der Waals surface area contributed by atoms with E-state index in [9.17, 15) is 9.59 Å². The van der Waals surface area contributed by atoms with Gasteiger partial charge in [-0.05, 0) is 55.6 Å². The average molecular weight is 898 g/mol. The summed E-state index contributed by atoms with van der Waals surface area (Å²) in [4.78, 5) is 50.2. The largest absolute Gasteiger partial charge is 0 e. The van der Waals surface area contributed by atoms with Gasteiger partial charge in [0.15, 0.2) is 0 Å². The zero-order valence-corrected chi connectivity index (χ0v) is 36.0. The Morgan fingerprint density at radius 2 is 0.855 bits per heavy atom. The van der Waals surface area contributed by atoms with Crippen molar-refractivity contribution in [1.29, 1.82) is 0 Å². The smallest absolute Gasteiger partial charge is 0 e. The van der Waals surface area contributed by atoms with Crippen molar-refractivity contribution >= 4 is 72.5 Å². The molecule has 298 valence electrons. The van der Waals surface area contributed by atoms with Crippen molar-refractivity contribution in [3.63, 3.8) is 0 Å². The van der Waals surface area contributed by atoms with Gasteiger partial charge in [0, 0.05) is 66.9 Å². The number of hydrogen-bond donors (Lipinski definition) is 2. The fourth-order valence-electron chi connectivity index (χ4n) is 5.74. The van der Waals surface area contributed by atoms with Crippen molar-refractivity contribution in [3.8, 4) is 0 Å². The molecule has 10 nitrogen and oxygen atoms in total. The Labute approximate surface area is 345 Å². The first kappa shape index (κ1) is 49.5. The van der Waals surface area contributed by atoms with Crippen molar-refractivity contribution in [3.05, 3.63) is 121 Å². The molecule has 2 N–H and O–H groups in total. The Morgan fingerprint density at radius 3 is 1.05 bits per heavy atom. The molecule has 55 heavy (non-hydrogen) atoms. The van der Waals surface area contributed by atoms with Crippen LogP contribution in [0.25, 0.3) is 0 Å². The normalized spacial score (nSPS) is 13.0. The van der Waals surface area contributed by atoms with Gasteiger partial charge in [0.25, 0.3) is 0 Å². The van der Waals surface area contributed by atoms with Crippen LogP contribution in [0, 0.1) is 0 Å². The Kier molecular flexibility index (Phi) is 30.5. The van der Waals surface area contributed by atoms with Crippen LogP contribution in [0.4, 0.5) is 0 Å². The Hall–Kier alpha value is -3.48. The van der Waals surface area contributed by atoms with Crippen molar-refractivity contribution in [2.75, 3.05) is 84.8 Å². The van der Waals surface area contributed by atoms with E-state index >= 15 is 0 Å². The number of halogens is 1. The zero-order chi connectivity index (χ0) is 40.4. The molecule has 2 saturated heterocycles. The van der Waals surface area contributed by atoms with Crippen LogP contribution in [0.1, 0.15) is 1.43 Å². The second kappa shape index (κ2) is 33.8. The molecule has 4 aromatic rings. The molecule has 2 aliphatic rings. The molecule has 4 aromatic carbocycles. The van der Waals surface area contributed by atoms with E-state index in [4.69, 9.17) is 14.4 Å². The Morgan fingerprint density at radius 1 is 0.618 bits per heavy atom. The summed E-state index contributed by atoms with van der Waals surface area (Å²) in [5.74, 6) is 0. The van der Waals surface area contributed by atoms with Crippen LogP contribution < -0.4 is 31.9 Å². The van der Waals surface area contributed by atoms with E-state index < -0.39 is 15.8 Å². The van der Waals surface area contributed by atoms with Crippen LogP contribution in [-0.2, 0) is 41.3 Å². The molecule has 0 bridgehead atoms. The fourth-order valence-corrected chi connectivity index (χ4v) is 11.1. The molecule has 0 aromatic heterocycles. The quantitative estimate of drug-likeness (QED) is 0.0966. The van der Waals surface area contributed by atoms with E-state index in [1.54, 1.807) is 27.1 Å². The van der Waals surface area contributed by atoms with Crippen molar-refractivity contribution in [2.24, 2.45) is 0 Å². The third-order valence-corrected chi connectivity index (χ3v) is 14.1. The monoisotopic (exact) mass is 898 g/mol. The number of hydrogen-bond acceptors (Lipinski definition) is 8. The molecule has 2 amide bonds. The molecule has 0 saturated carbocycles. The molecular weight excluding hydrogens is 841 g/mol.